The first kappa shape index (κ1) is 8.61. The van der Waals surface area contributed by atoms with Gasteiger partial charge in [0.25, 0.3) is 0 Å². The Morgan fingerprint density at radius 1 is 1.29 bits per heavy atom. The van der Waals surface area contributed by atoms with Crippen LogP contribution < -0.4 is 4.90 Å². The summed E-state index contributed by atoms with van der Waals surface area (Å²) >= 11 is 1.30. The van der Waals surface area contributed by atoms with Crippen LogP contribution in [0, 0.1) is 11.8 Å². The fourth-order valence-electron chi connectivity index (χ4n) is 2.71. The summed E-state index contributed by atoms with van der Waals surface area (Å²) in [5.41, 5.74) is 0. The minimum absolute atomic E-state index is 0.849. The zero-order valence-corrected chi connectivity index (χ0v) is 9.07. The Morgan fingerprint density at radius 3 is 2.57 bits per heavy atom. The van der Waals surface area contributed by atoms with Crippen molar-refractivity contribution in [3.63, 3.8) is 0 Å². The molecule has 2 aliphatic rings. The van der Waals surface area contributed by atoms with E-state index in [1.807, 2.05) is 6.20 Å². The van der Waals surface area contributed by atoms with Gasteiger partial charge in [0.1, 0.15) is 0 Å². The summed E-state index contributed by atoms with van der Waals surface area (Å²) in [7, 11) is 2.22. The molecule has 0 radical (unpaired) electrons. The van der Waals surface area contributed by atoms with Crippen molar-refractivity contribution >= 4 is 17.5 Å². The first-order chi connectivity index (χ1) is 6.83. The average Bonchev–Trinajstić information content (AvgIpc) is 2.74. The quantitative estimate of drug-likeness (QED) is 0.677. The molecule has 3 heterocycles. The van der Waals surface area contributed by atoms with Gasteiger partial charge in [0.2, 0.25) is 0 Å². The molecular formula is C9H14N4S. The number of fused-ring (bicyclic) bond motifs is 1. The summed E-state index contributed by atoms with van der Waals surface area (Å²) < 4.78 is 8.34. The van der Waals surface area contributed by atoms with E-state index in [1.54, 1.807) is 0 Å². The van der Waals surface area contributed by atoms with Gasteiger partial charge in [-0.05, 0) is 18.9 Å². The van der Waals surface area contributed by atoms with Gasteiger partial charge in [-0.1, -0.05) is 0 Å². The lowest BCUT2D eigenvalue weighted by atomic mass is 10.0. The van der Waals surface area contributed by atoms with Crippen LogP contribution in [0.2, 0.25) is 0 Å². The smallest absolute Gasteiger partial charge is 0.162 e. The van der Waals surface area contributed by atoms with E-state index in [4.69, 9.17) is 0 Å². The number of nitrogens with zero attached hydrogens (tertiary/aromatic N) is 4. The Bertz CT molecular complexity index is 299. The van der Waals surface area contributed by atoms with Gasteiger partial charge in [-0.2, -0.15) is 8.75 Å². The minimum atomic E-state index is 0.849. The van der Waals surface area contributed by atoms with Crippen molar-refractivity contribution in [1.29, 1.82) is 0 Å². The van der Waals surface area contributed by atoms with Crippen LogP contribution in [0.1, 0.15) is 0 Å². The van der Waals surface area contributed by atoms with E-state index in [0.29, 0.717) is 0 Å². The van der Waals surface area contributed by atoms with Crippen LogP contribution in [0.4, 0.5) is 5.82 Å². The van der Waals surface area contributed by atoms with Crippen LogP contribution in [-0.2, 0) is 0 Å². The number of hydrogen-bond acceptors (Lipinski definition) is 5. The first-order valence-corrected chi connectivity index (χ1v) is 5.77. The van der Waals surface area contributed by atoms with Gasteiger partial charge in [-0.15, -0.1) is 0 Å². The Morgan fingerprint density at radius 2 is 2.00 bits per heavy atom. The summed E-state index contributed by atoms with van der Waals surface area (Å²) in [5.74, 6) is 2.77. The van der Waals surface area contributed by atoms with E-state index in [0.717, 1.165) is 17.7 Å². The number of hydrogen-bond donors (Lipinski definition) is 0. The highest BCUT2D eigenvalue weighted by molar-refractivity contribution is 6.99. The molecule has 0 bridgehead atoms. The summed E-state index contributed by atoms with van der Waals surface area (Å²) in [6.07, 6.45) is 1.88. The van der Waals surface area contributed by atoms with E-state index in [1.165, 1.54) is 37.9 Å². The second-order valence-corrected chi connectivity index (χ2v) is 4.97. The second-order valence-electron chi connectivity index (χ2n) is 4.41. The number of aromatic nitrogens is 2. The van der Waals surface area contributed by atoms with E-state index in [-0.39, 0.29) is 0 Å². The van der Waals surface area contributed by atoms with Gasteiger partial charge < -0.3 is 9.80 Å². The van der Waals surface area contributed by atoms with E-state index < -0.39 is 0 Å². The normalized spacial score (nSPS) is 32.5. The lowest BCUT2D eigenvalue weighted by Crippen LogP contribution is -2.26. The van der Waals surface area contributed by atoms with Crippen LogP contribution in [0.5, 0.6) is 0 Å². The van der Waals surface area contributed by atoms with Crippen molar-refractivity contribution in [1.82, 2.24) is 13.6 Å². The molecule has 2 atom stereocenters. The van der Waals surface area contributed by atoms with Gasteiger partial charge in [0, 0.05) is 26.2 Å². The van der Waals surface area contributed by atoms with E-state index in [9.17, 15) is 0 Å². The fourth-order valence-corrected chi connectivity index (χ4v) is 3.15. The highest BCUT2D eigenvalue weighted by Gasteiger charge is 2.39. The summed E-state index contributed by atoms with van der Waals surface area (Å²) in [5, 5.41) is 0. The van der Waals surface area contributed by atoms with Crippen molar-refractivity contribution in [3.05, 3.63) is 6.20 Å². The Balaban J connectivity index is 1.73. The third-order valence-corrected chi connectivity index (χ3v) is 3.81. The number of anilines is 1. The lowest BCUT2D eigenvalue weighted by molar-refractivity contribution is 0.387. The molecule has 1 aromatic rings. The zero-order chi connectivity index (χ0) is 9.54. The van der Waals surface area contributed by atoms with Crippen molar-refractivity contribution in [2.45, 2.75) is 0 Å². The monoisotopic (exact) mass is 210 g/mol. The average molecular weight is 210 g/mol. The molecule has 0 amide bonds. The van der Waals surface area contributed by atoms with Gasteiger partial charge in [-0.3, -0.25) is 0 Å². The lowest BCUT2D eigenvalue weighted by Gasteiger charge is -2.17. The zero-order valence-electron chi connectivity index (χ0n) is 8.26. The molecule has 2 unspecified atom stereocenters. The van der Waals surface area contributed by atoms with Crippen molar-refractivity contribution < 1.29 is 0 Å². The molecule has 0 spiro atoms. The second kappa shape index (κ2) is 3.17. The van der Waals surface area contributed by atoms with Crippen LogP contribution in [0.3, 0.4) is 0 Å². The minimum Gasteiger partial charge on any atom is -0.354 e. The predicted octanol–water partition coefficient (Wildman–Crippen LogP) is 0.536. The Hall–Kier alpha value is -0.680. The SMILES string of the molecule is CN1CC2CN(c3cnsn3)CC2C1. The molecule has 5 heteroatoms. The van der Waals surface area contributed by atoms with Gasteiger partial charge in [0.15, 0.2) is 5.82 Å². The fraction of sp³-hybridized carbons (Fsp3) is 0.778. The molecule has 2 fully saturated rings. The molecular weight excluding hydrogens is 196 g/mol. The van der Waals surface area contributed by atoms with E-state index >= 15 is 0 Å². The van der Waals surface area contributed by atoms with Crippen molar-refractivity contribution in [2.24, 2.45) is 11.8 Å². The maximum absolute atomic E-state index is 4.29. The number of likely N-dealkylation sites (tertiary alicyclic amines) is 1. The Kier molecular flexibility index (Phi) is 1.95. The maximum atomic E-state index is 4.29. The molecule has 0 saturated carbocycles. The van der Waals surface area contributed by atoms with Gasteiger partial charge in [-0.25, -0.2) is 0 Å². The van der Waals surface area contributed by atoms with Gasteiger partial charge in [0.05, 0.1) is 17.9 Å². The highest BCUT2D eigenvalue weighted by atomic mass is 32.1. The molecule has 3 rings (SSSR count). The van der Waals surface area contributed by atoms with Crippen LogP contribution in [0.25, 0.3) is 0 Å². The van der Waals surface area contributed by atoms with Crippen LogP contribution >= 0.6 is 11.7 Å². The predicted molar refractivity (Wildman–Crippen MR) is 56.6 cm³/mol. The van der Waals surface area contributed by atoms with Crippen molar-refractivity contribution in [2.75, 3.05) is 38.1 Å². The Labute approximate surface area is 87.9 Å². The summed E-state index contributed by atoms with van der Waals surface area (Å²) in [6.45, 7) is 4.83. The molecule has 2 aliphatic heterocycles. The first-order valence-electron chi connectivity index (χ1n) is 5.04. The molecule has 0 N–H and O–H groups in total. The van der Waals surface area contributed by atoms with Gasteiger partial charge >= 0.3 is 0 Å². The summed E-state index contributed by atoms with van der Waals surface area (Å²) in [6, 6.07) is 0. The topological polar surface area (TPSA) is 32.3 Å². The molecule has 4 nitrogen and oxygen atoms in total. The molecule has 14 heavy (non-hydrogen) atoms. The number of rotatable bonds is 1. The molecule has 0 aliphatic carbocycles. The van der Waals surface area contributed by atoms with E-state index in [2.05, 4.69) is 25.6 Å². The third kappa shape index (κ3) is 1.31. The molecule has 76 valence electrons. The highest BCUT2D eigenvalue weighted by Crippen LogP contribution is 2.32. The van der Waals surface area contributed by atoms with Crippen LogP contribution in [0.15, 0.2) is 6.20 Å². The largest absolute Gasteiger partial charge is 0.354 e. The third-order valence-electron chi connectivity index (χ3n) is 3.34. The van der Waals surface area contributed by atoms with Crippen molar-refractivity contribution in [3.8, 4) is 0 Å². The molecule has 2 saturated heterocycles. The standard InChI is InChI=1S/C9H14N4S/c1-12-3-7-5-13(6-8(7)4-12)9-2-10-14-11-9/h2,7-8H,3-6H2,1H3. The summed E-state index contributed by atoms with van der Waals surface area (Å²) in [4.78, 5) is 4.82. The van der Waals surface area contributed by atoms with Crippen LogP contribution in [-0.4, -0.2) is 46.9 Å². The molecule has 0 aromatic carbocycles. The maximum Gasteiger partial charge on any atom is 0.162 e. The molecule has 1 aromatic heterocycles.